The maximum absolute atomic E-state index is 9.99. The van der Waals surface area contributed by atoms with Gasteiger partial charge in [-0.05, 0) is 57.3 Å². The van der Waals surface area contributed by atoms with E-state index < -0.39 is 11.0 Å². The lowest BCUT2D eigenvalue weighted by Crippen LogP contribution is -2.28. The third kappa shape index (κ3) is 4.59. The van der Waals surface area contributed by atoms with Gasteiger partial charge in [0.25, 0.3) is 5.96 Å². The number of benzene rings is 1. The summed E-state index contributed by atoms with van der Waals surface area (Å²) in [6.07, 6.45) is 1.29. The molecule has 0 bridgehead atoms. The molecule has 1 aromatic rings. The molecular weight excluding hydrogens is 468 g/mol. The van der Waals surface area contributed by atoms with Crippen LogP contribution < -0.4 is 11.2 Å². The topological polar surface area (TPSA) is 126 Å². The third-order valence-electron chi connectivity index (χ3n) is 1.63. The summed E-state index contributed by atoms with van der Waals surface area (Å²) in [6, 6.07) is 3.49. The van der Waals surface area contributed by atoms with Crippen molar-refractivity contribution in [2.75, 3.05) is 0 Å². The number of guanidine groups is 1. The van der Waals surface area contributed by atoms with E-state index in [0.29, 0.717) is 9.13 Å². The summed E-state index contributed by atoms with van der Waals surface area (Å²) in [5.74, 6) is -0.373. The van der Waals surface area contributed by atoms with Gasteiger partial charge in [0.15, 0.2) is 5.03 Å². The van der Waals surface area contributed by atoms with Crippen LogP contribution in [0.15, 0.2) is 22.3 Å². The zero-order valence-corrected chi connectivity index (χ0v) is 13.0. The Bertz CT molecular complexity index is 532. The van der Waals surface area contributed by atoms with Crippen LogP contribution in [0.1, 0.15) is 5.56 Å². The highest BCUT2D eigenvalue weighted by atomic mass is 127. The van der Waals surface area contributed by atoms with Crippen molar-refractivity contribution in [3.8, 4) is 5.75 Å². The lowest BCUT2D eigenvalue weighted by atomic mass is 10.2. The summed E-state index contributed by atoms with van der Waals surface area (Å²) in [6.45, 7) is 0. The van der Waals surface area contributed by atoms with Crippen LogP contribution >= 0.6 is 45.2 Å². The first-order valence-corrected chi connectivity index (χ1v) is 6.51. The molecular formula is C8H7I2N5O3. The van der Waals surface area contributed by atoms with Gasteiger partial charge in [-0.3, -0.25) is 0 Å². The van der Waals surface area contributed by atoms with Crippen LogP contribution in [0.2, 0.25) is 0 Å². The fourth-order valence-corrected chi connectivity index (χ4v) is 2.85. The molecule has 0 aliphatic heterocycles. The second-order valence-corrected chi connectivity index (χ2v) is 5.33. The van der Waals surface area contributed by atoms with E-state index in [-0.39, 0.29) is 5.75 Å². The Morgan fingerprint density at radius 2 is 2.22 bits per heavy atom. The predicted octanol–water partition coefficient (Wildman–Crippen LogP) is 1.03. The molecule has 0 unspecified atom stereocenters. The molecule has 0 amide bonds. The summed E-state index contributed by atoms with van der Waals surface area (Å²) in [5, 5.41) is 25.2. The second kappa shape index (κ2) is 6.67. The second-order valence-electron chi connectivity index (χ2n) is 2.92. The highest BCUT2D eigenvalue weighted by molar-refractivity contribution is 14.1. The molecule has 0 aliphatic carbocycles. The van der Waals surface area contributed by atoms with E-state index in [2.05, 4.69) is 38.2 Å². The number of nitrogens with one attached hydrogen (secondary N) is 1. The Morgan fingerprint density at radius 1 is 1.56 bits per heavy atom. The first-order chi connectivity index (χ1) is 8.40. The van der Waals surface area contributed by atoms with Gasteiger partial charge in [-0.15, -0.1) is 0 Å². The molecule has 0 radical (unpaired) electrons. The molecule has 0 heterocycles. The van der Waals surface area contributed by atoms with Gasteiger partial charge in [-0.1, -0.05) is 0 Å². The minimum atomic E-state index is -0.941. The van der Waals surface area contributed by atoms with E-state index in [0.717, 1.165) is 3.57 Å². The molecule has 18 heavy (non-hydrogen) atoms. The van der Waals surface area contributed by atoms with Crippen molar-refractivity contribution < 1.29 is 10.1 Å². The molecule has 1 rings (SSSR count). The van der Waals surface area contributed by atoms with Crippen molar-refractivity contribution in [1.29, 1.82) is 0 Å². The molecule has 0 aromatic heterocycles. The fourth-order valence-electron chi connectivity index (χ4n) is 0.963. The van der Waals surface area contributed by atoms with Crippen LogP contribution in [-0.4, -0.2) is 22.3 Å². The van der Waals surface area contributed by atoms with E-state index in [1.54, 1.807) is 12.1 Å². The van der Waals surface area contributed by atoms with Crippen molar-refractivity contribution in [3.63, 3.8) is 0 Å². The number of phenols is 1. The van der Waals surface area contributed by atoms with Crippen LogP contribution in [-0.2, 0) is 0 Å². The Morgan fingerprint density at radius 3 is 2.83 bits per heavy atom. The number of phenolic OH excluding ortho intramolecular Hbond substituents is 1. The molecule has 0 fully saturated rings. The summed E-state index contributed by atoms with van der Waals surface area (Å²) >= 11 is 4.08. The van der Waals surface area contributed by atoms with E-state index in [1.165, 1.54) is 6.21 Å². The lowest BCUT2D eigenvalue weighted by molar-refractivity contribution is -0.485. The Labute approximate surface area is 129 Å². The van der Waals surface area contributed by atoms with Crippen LogP contribution in [0.3, 0.4) is 0 Å². The predicted molar refractivity (Wildman–Crippen MR) is 82.9 cm³/mol. The zero-order chi connectivity index (χ0) is 13.7. The van der Waals surface area contributed by atoms with Gasteiger partial charge < -0.3 is 10.8 Å². The van der Waals surface area contributed by atoms with Gasteiger partial charge in [-0.2, -0.15) is 5.10 Å². The average molecular weight is 475 g/mol. The Hall–Kier alpha value is -1.18. The van der Waals surface area contributed by atoms with Crippen LogP contribution in [0.25, 0.3) is 0 Å². The summed E-state index contributed by atoms with van der Waals surface area (Å²) < 4.78 is 1.59. The van der Waals surface area contributed by atoms with Gasteiger partial charge in [-0.25, -0.2) is 15.5 Å². The SMILES string of the molecule is N/C(=N\[N+](=O)[O-])N/N=C/c1cc(I)cc(I)c1O. The highest BCUT2D eigenvalue weighted by Gasteiger charge is 2.05. The normalized spacial score (nSPS) is 11.8. The highest BCUT2D eigenvalue weighted by Crippen LogP contribution is 2.25. The molecule has 0 spiro atoms. The Kier molecular flexibility index (Phi) is 5.52. The molecule has 96 valence electrons. The Balaban J connectivity index is 2.83. The maximum Gasteiger partial charge on any atom is 0.286 e. The van der Waals surface area contributed by atoms with E-state index in [4.69, 9.17) is 5.73 Å². The number of aromatic hydroxyl groups is 1. The first kappa shape index (κ1) is 14.9. The smallest absolute Gasteiger partial charge is 0.286 e. The van der Waals surface area contributed by atoms with Crippen molar-refractivity contribution in [3.05, 3.63) is 35.0 Å². The molecule has 0 saturated heterocycles. The largest absolute Gasteiger partial charge is 0.506 e. The van der Waals surface area contributed by atoms with Crippen LogP contribution in [0, 0.1) is 17.3 Å². The van der Waals surface area contributed by atoms with Crippen LogP contribution in [0.5, 0.6) is 5.75 Å². The zero-order valence-electron chi connectivity index (χ0n) is 8.67. The van der Waals surface area contributed by atoms with Gasteiger partial charge in [0.1, 0.15) is 10.9 Å². The third-order valence-corrected chi connectivity index (χ3v) is 3.07. The molecule has 0 atom stereocenters. The average Bonchev–Trinajstić information content (AvgIpc) is 2.23. The van der Waals surface area contributed by atoms with Crippen molar-refractivity contribution in [2.45, 2.75) is 0 Å². The molecule has 0 aliphatic rings. The van der Waals surface area contributed by atoms with E-state index in [9.17, 15) is 15.2 Å². The van der Waals surface area contributed by atoms with Gasteiger partial charge in [0.2, 0.25) is 0 Å². The van der Waals surface area contributed by atoms with Gasteiger partial charge in [0, 0.05) is 9.13 Å². The lowest BCUT2D eigenvalue weighted by Gasteiger charge is -2.02. The summed E-state index contributed by atoms with van der Waals surface area (Å²) in [4.78, 5) is 9.99. The minimum Gasteiger partial charge on any atom is -0.506 e. The minimum absolute atomic E-state index is 0.0753. The molecule has 10 heteroatoms. The molecule has 0 saturated carbocycles. The van der Waals surface area contributed by atoms with Crippen molar-refractivity contribution in [1.82, 2.24) is 5.43 Å². The monoisotopic (exact) mass is 475 g/mol. The number of nitro groups is 1. The fraction of sp³-hybridized carbons (Fsp3) is 0. The van der Waals surface area contributed by atoms with Gasteiger partial charge >= 0.3 is 0 Å². The number of nitrogens with two attached hydrogens (primary N) is 1. The van der Waals surface area contributed by atoms with Crippen molar-refractivity contribution >= 4 is 57.4 Å². The van der Waals surface area contributed by atoms with Gasteiger partial charge in [0.05, 0.1) is 9.78 Å². The quantitative estimate of drug-likeness (QED) is 0.198. The summed E-state index contributed by atoms with van der Waals surface area (Å²) in [7, 11) is 0. The number of halogens is 2. The number of hydrazone groups is 2. The number of nitrogens with zero attached hydrogens (tertiary/aromatic N) is 3. The molecule has 1 aromatic carbocycles. The first-order valence-electron chi connectivity index (χ1n) is 4.35. The van der Waals surface area contributed by atoms with E-state index in [1.807, 2.05) is 22.6 Å². The number of hydrogen-bond acceptors (Lipinski definition) is 4. The van der Waals surface area contributed by atoms with Crippen LogP contribution in [0.4, 0.5) is 0 Å². The summed E-state index contributed by atoms with van der Waals surface area (Å²) in [5.41, 5.74) is 7.79. The molecule has 4 N–H and O–H groups in total. The van der Waals surface area contributed by atoms with Crippen molar-refractivity contribution in [2.24, 2.45) is 15.9 Å². The maximum atomic E-state index is 9.99. The molecule has 8 nitrogen and oxygen atoms in total. The number of hydrogen-bond donors (Lipinski definition) is 3. The standard InChI is InChI=1S/C8H7I2N5O3/c9-5-1-4(7(16)6(10)2-5)3-12-13-8(11)14-15(17)18/h1-3,16H,(H3,11,13,14)/b12-3+. The van der Waals surface area contributed by atoms with E-state index >= 15 is 0 Å². The number of rotatable bonds is 3.